The van der Waals surface area contributed by atoms with E-state index in [1.165, 1.54) is 0 Å². The molecule has 0 radical (unpaired) electrons. The van der Waals surface area contributed by atoms with Gasteiger partial charge in [-0.1, -0.05) is 0 Å². The molecule has 0 saturated heterocycles. The van der Waals surface area contributed by atoms with Crippen LogP contribution in [0.2, 0.25) is 0 Å². The van der Waals surface area contributed by atoms with E-state index in [2.05, 4.69) is 17.6 Å². The summed E-state index contributed by atoms with van der Waals surface area (Å²) in [5, 5.41) is 14.0. The molecule has 0 aromatic carbocycles. The first-order valence-electron chi connectivity index (χ1n) is 4.02. The topological polar surface area (TPSA) is 44.3 Å². The minimum absolute atomic E-state index is 0. The Kier molecular flexibility index (Phi) is 34.5. The molecule has 12 heavy (non-hydrogen) atoms. The first kappa shape index (κ1) is 18.4. The normalized spacial score (nSPS) is 8.00. The Morgan fingerprint density at radius 2 is 1.67 bits per heavy atom. The van der Waals surface area contributed by atoms with Crippen molar-refractivity contribution in [2.75, 3.05) is 33.8 Å². The number of hydrogen-bond acceptors (Lipinski definition) is 3. The Bertz CT molecular complexity index is 50.3. The third kappa shape index (κ3) is 31.2. The fraction of sp³-hybridized carbons (Fsp3) is 0.875. The van der Waals surface area contributed by atoms with Crippen LogP contribution < -0.4 is 10.6 Å². The molecule has 0 aromatic heterocycles. The van der Waals surface area contributed by atoms with Gasteiger partial charge in [-0.25, -0.2) is 0 Å². The molecule has 3 nitrogen and oxygen atoms in total. The van der Waals surface area contributed by atoms with Crippen LogP contribution >= 0.6 is 0 Å². The van der Waals surface area contributed by atoms with Crippen LogP contribution in [0.1, 0.15) is 12.8 Å². The van der Waals surface area contributed by atoms with E-state index >= 15 is 0 Å². The van der Waals surface area contributed by atoms with E-state index in [0.29, 0.717) is 6.61 Å². The van der Waals surface area contributed by atoms with E-state index in [-0.39, 0.29) is 21.1 Å². The Balaban J connectivity index is -0.000000126. The predicted octanol–water partition coefficient (Wildman–Crippen LogP) is 0.0157. The molecular formula is C8H21N2OW-. The maximum atomic E-state index is 8.16. The fourth-order valence-electron chi connectivity index (χ4n) is 0.433. The van der Waals surface area contributed by atoms with Crippen LogP contribution in [-0.2, 0) is 21.1 Å². The SMILES string of the molecule is CNCCCO.[CH2-]CCNC.[W]. The van der Waals surface area contributed by atoms with Crippen LogP contribution in [0.25, 0.3) is 0 Å². The molecule has 0 aliphatic carbocycles. The summed E-state index contributed by atoms with van der Waals surface area (Å²) in [6.45, 7) is 5.85. The maximum absolute atomic E-state index is 8.16. The van der Waals surface area contributed by atoms with E-state index in [4.69, 9.17) is 5.11 Å². The van der Waals surface area contributed by atoms with Crippen LogP contribution in [0.4, 0.5) is 0 Å². The molecule has 3 N–H and O–H groups in total. The molecule has 0 saturated carbocycles. The van der Waals surface area contributed by atoms with Gasteiger partial charge in [-0.3, -0.25) is 0 Å². The zero-order chi connectivity index (χ0) is 8.95. The second-order valence-electron chi connectivity index (χ2n) is 2.14. The zero-order valence-corrected chi connectivity index (χ0v) is 11.0. The van der Waals surface area contributed by atoms with Gasteiger partial charge in [0.15, 0.2) is 0 Å². The van der Waals surface area contributed by atoms with Gasteiger partial charge in [0, 0.05) is 27.7 Å². The molecule has 0 aromatic rings. The van der Waals surface area contributed by atoms with Crippen LogP contribution in [0.3, 0.4) is 0 Å². The van der Waals surface area contributed by atoms with E-state index in [1.54, 1.807) is 0 Å². The van der Waals surface area contributed by atoms with Gasteiger partial charge in [0.05, 0.1) is 0 Å². The molecule has 0 spiro atoms. The summed E-state index contributed by atoms with van der Waals surface area (Å²) in [4.78, 5) is 0. The summed E-state index contributed by atoms with van der Waals surface area (Å²) in [6.07, 6.45) is 1.84. The molecule has 0 aliphatic rings. The van der Waals surface area contributed by atoms with Crippen molar-refractivity contribution in [3.05, 3.63) is 6.92 Å². The Morgan fingerprint density at radius 1 is 1.17 bits per heavy atom. The number of hydrogen-bond donors (Lipinski definition) is 3. The third-order valence-corrected chi connectivity index (χ3v) is 1.01. The summed E-state index contributed by atoms with van der Waals surface area (Å²) in [7, 11) is 3.79. The molecule has 0 amide bonds. The Morgan fingerprint density at radius 3 is 1.75 bits per heavy atom. The van der Waals surface area contributed by atoms with Crippen LogP contribution in [0.5, 0.6) is 0 Å². The van der Waals surface area contributed by atoms with Crippen molar-refractivity contribution in [1.82, 2.24) is 10.6 Å². The average molecular weight is 345 g/mol. The Hall–Kier alpha value is 0.568. The second kappa shape index (κ2) is 22.6. The van der Waals surface area contributed by atoms with Crippen molar-refractivity contribution in [2.24, 2.45) is 0 Å². The van der Waals surface area contributed by atoms with Crippen molar-refractivity contribution < 1.29 is 26.2 Å². The van der Waals surface area contributed by atoms with Crippen LogP contribution in [0, 0.1) is 6.92 Å². The summed E-state index contributed by atoms with van der Waals surface area (Å²) in [5.74, 6) is 0. The van der Waals surface area contributed by atoms with Crippen molar-refractivity contribution in [3.63, 3.8) is 0 Å². The van der Waals surface area contributed by atoms with Gasteiger partial charge in [-0.05, 0) is 33.6 Å². The van der Waals surface area contributed by atoms with Gasteiger partial charge in [0.1, 0.15) is 0 Å². The van der Waals surface area contributed by atoms with Gasteiger partial charge in [0.25, 0.3) is 0 Å². The molecule has 0 heterocycles. The molecule has 4 heteroatoms. The zero-order valence-electron chi connectivity index (χ0n) is 8.10. The van der Waals surface area contributed by atoms with Crippen molar-refractivity contribution in [3.8, 4) is 0 Å². The molecule has 0 rings (SSSR count). The van der Waals surface area contributed by atoms with E-state index in [0.717, 1.165) is 25.9 Å². The van der Waals surface area contributed by atoms with Gasteiger partial charge in [0.2, 0.25) is 0 Å². The number of rotatable bonds is 5. The first-order chi connectivity index (χ1) is 5.33. The average Bonchev–Trinajstić information content (AvgIpc) is 2.04. The van der Waals surface area contributed by atoms with Crippen LogP contribution in [0.15, 0.2) is 0 Å². The first-order valence-corrected chi connectivity index (χ1v) is 4.02. The Labute approximate surface area is 90.6 Å². The fourth-order valence-corrected chi connectivity index (χ4v) is 0.433. The molecule has 0 unspecified atom stereocenters. The van der Waals surface area contributed by atoms with Gasteiger partial charge in [-0.2, -0.15) is 6.42 Å². The minimum Gasteiger partial charge on any atom is -0.396 e. The minimum atomic E-state index is 0. The summed E-state index contributed by atoms with van der Waals surface area (Å²) >= 11 is 0. The monoisotopic (exact) mass is 345 g/mol. The van der Waals surface area contributed by atoms with Gasteiger partial charge in [-0.15, -0.1) is 0 Å². The maximum Gasteiger partial charge on any atom is 0.0443 e. The van der Waals surface area contributed by atoms with Crippen molar-refractivity contribution in [2.45, 2.75) is 12.8 Å². The summed E-state index contributed by atoms with van der Waals surface area (Å²) in [6, 6.07) is 0. The molecule has 0 aliphatic heterocycles. The number of nitrogens with one attached hydrogen (secondary N) is 2. The summed E-state index contributed by atoms with van der Waals surface area (Å²) in [5.41, 5.74) is 0. The van der Waals surface area contributed by atoms with Crippen molar-refractivity contribution in [1.29, 1.82) is 0 Å². The van der Waals surface area contributed by atoms with E-state index in [9.17, 15) is 0 Å². The number of aliphatic hydroxyl groups excluding tert-OH is 1. The molecule has 0 fully saturated rings. The quantitative estimate of drug-likeness (QED) is 0.486. The molecule has 0 atom stereocenters. The van der Waals surface area contributed by atoms with E-state index in [1.807, 2.05) is 14.1 Å². The molecular weight excluding hydrogens is 324 g/mol. The van der Waals surface area contributed by atoms with Gasteiger partial charge < -0.3 is 22.7 Å². The van der Waals surface area contributed by atoms with Gasteiger partial charge >= 0.3 is 0 Å². The van der Waals surface area contributed by atoms with E-state index < -0.39 is 0 Å². The second-order valence-corrected chi connectivity index (χ2v) is 2.14. The number of aliphatic hydroxyl groups is 1. The smallest absolute Gasteiger partial charge is 0.0443 e. The standard InChI is InChI=1S/C4H11NO.C4H10N.W/c1-5-3-2-4-6;1-3-4-5-2;/h5-6H,2-4H2,1H3;5H,1,3-4H2,2H3;/q;-1;. The molecule has 76 valence electrons. The molecule has 0 bridgehead atoms. The third-order valence-electron chi connectivity index (χ3n) is 1.01. The van der Waals surface area contributed by atoms with Crippen LogP contribution in [-0.4, -0.2) is 38.9 Å². The summed E-state index contributed by atoms with van der Waals surface area (Å²) < 4.78 is 0. The predicted molar refractivity (Wildman–Crippen MR) is 49.5 cm³/mol. The van der Waals surface area contributed by atoms with Crippen molar-refractivity contribution >= 4 is 0 Å². The largest absolute Gasteiger partial charge is 0.396 e.